The predicted octanol–water partition coefficient (Wildman–Crippen LogP) is 1.91. The van der Waals surface area contributed by atoms with Crippen molar-refractivity contribution in [2.24, 2.45) is 0 Å². The molecule has 0 spiro atoms. The minimum absolute atomic E-state index is 0.102. The zero-order chi connectivity index (χ0) is 10.6. The molecule has 3 nitrogen and oxygen atoms in total. The zero-order valence-corrected chi connectivity index (χ0v) is 9.65. The van der Waals surface area contributed by atoms with Gasteiger partial charge in [0.05, 0.1) is 10.7 Å². The van der Waals surface area contributed by atoms with Crippen molar-refractivity contribution in [2.45, 2.75) is 39.7 Å². The lowest BCUT2D eigenvalue weighted by Crippen LogP contribution is -2.30. The molecule has 0 aliphatic heterocycles. The fraction of sp³-hybridized carbons (Fsp3) is 0.600. The number of thiazole rings is 1. The second kappa shape index (κ2) is 5.10. The van der Waals surface area contributed by atoms with Crippen LogP contribution in [0, 0.1) is 6.92 Å². The number of aromatic nitrogens is 1. The average Bonchev–Trinajstić information content (AvgIpc) is 2.47. The molecule has 78 valence electrons. The third-order valence-corrected chi connectivity index (χ3v) is 2.55. The molecule has 0 aliphatic carbocycles. The van der Waals surface area contributed by atoms with E-state index in [0.717, 1.165) is 17.1 Å². The molecule has 0 radical (unpaired) electrons. The zero-order valence-electron chi connectivity index (χ0n) is 8.83. The highest BCUT2D eigenvalue weighted by Gasteiger charge is 2.05. The molecule has 0 saturated heterocycles. The molecule has 0 saturated carbocycles. The van der Waals surface area contributed by atoms with Gasteiger partial charge in [0, 0.05) is 17.8 Å². The molecule has 0 aliphatic rings. The molecule has 0 fully saturated rings. The topological polar surface area (TPSA) is 42.0 Å². The Labute approximate surface area is 88.6 Å². The number of rotatable bonds is 4. The van der Waals surface area contributed by atoms with Crippen molar-refractivity contribution in [3.63, 3.8) is 0 Å². The third kappa shape index (κ3) is 3.87. The smallest absolute Gasteiger partial charge is 0.220 e. The highest BCUT2D eigenvalue weighted by atomic mass is 32.1. The van der Waals surface area contributed by atoms with Gasteiger partial charge in [-0.3, -0.25) is 4.79 Å². The average molecular weight is 212 g/mol. The summed E-state index contributed by atoms with van der Waals surface area (Å²) in [6.45, 7) is 5.90. The highest BCUT2D eigenvalue weighted by molar-refractivity contribution is 7.09. The number of nitrogens with zero attached hydrogens (tertiary/aromatic N) is 1. The van der Waals surface area contributed by atoms with Crippen molar-refractivity contribution in [3.05, 3.63) is 16.1 Å². The van der Waals surface area contributed by atoms with Crippen molar-refractivity contribution in [1.29, 1.82) is 0 Å². The number of aryl methyl sites for hydroxylation is 2. The van der Waals surface area contributed by atoms with E-state index < -0.39 is 0 Å². The second-order valence-corrected chi connectivity index (χ2v) is 4.64. The van der Waals surface area contributed by atoms with Gasteiger partial charge in [-0.05, 0) is 27.2 Å². The number of nitrogens with one attached hydrogen (secondary N) is 1. The maximum Gasteiger partial charge on any atom is 0.220 e. The van der Waals surface area contributed by atoms with E-state index in [-0.39, 0.29) is 11.9 Å². The van der Waals surface area contributed by atoms with E-state index in [4.69, 9.17) is 0 Å². The highest BCUT2D eigenvalue weighted by Crippen LogP contribution is 2.09. The Morgan fingerprint density at radius 1 is 1.64 bits per heavy atom. The second-order valence-electron chi connectivity index (χ2n) is 3.58. The van der Waals surface area contributed by atoms with Crippen molar-refractivity contribution in [2.75, 3.05) is 0 Å². The normalized spacial score (nSPS) is 10.6. The van der Waals surface area contributed by atoms with Gasteiger partial charge in [-0.2, -0.15) is 0 Å². The van der Waals surface area contributed by atoms with Crippen LogP contribution >= 0.6 is 11.3 Å². The van der Waals surface area contributed by atoms with E-state index in [1.165, 1.54) is 0 Å². The van der Waals surface area contributed by atoms with E-state index in [9.17, 15) is 4.79 Å². The van der Waals surface area contributed by atoms with Gasteiger partial charge in [0.2, 0.25) is 5.91 Å². The maximum absolute atomic E-state index is 11.3. The number of carbonyl (C=O) groups excluding carboxylic acids is 1. The van der Waals surface area contributed by atoms with Gasteiger partial charge >= 0.3 is 0 Å². The molecule has 1 aromatic rings. The third-order valence-electron chi connectivity index (χ3n) is 1.72. The lowest BCUT2D eigenvalue weighted by molar-refractivity contribution is -0.121. The molecular weight excluding hydrogens is 196 g/mol. The standard InChI is InChI=1S/C10H16N2OS/c1-7(2)11-10(13)5-4-9-6-14-8(3)12-9/h6-7H,4-5H2,1-3H3,(H,11,13). The Hall–Kier alpha value is -0.900. The van der Waals surface area contributed by atoms with Crippen LogP contribution in [-0.2, 0) is 11.2 Å². The van der Waals surface area contributed by atoms with E-state index in [1.807, 2.05) is 26.2 Å². The molecule has 1 amide bonds. The van der Waals surface area contributed by atoms with Crippen LogP contribution in [0.5, 0.6) is 0 Å². The molecule has 0 atom stereocenters. The largest absolute Gasteiger partial charge is 0.354 e. The van der Waals surface area contributed by atoms with E-state index in [0.29, 0.717) is 6.42 Å². The number of amides is 1. The molecule has 1 N–H and O–H groups in total. The van der Waals surface area contributed by atoms with Crippen LogP contribution in [0.15, 0.2) is 5.38 Å². The Bertz CT molecular complexity index is 307. The van der Waals surface area contributed by atoms with E-state index in [1.54, 1.807) is 11.3 Å². The van der Waals surface area contributed by atoms with E-state index >= 15 is 0 Å². The van der Waals surface area contributed by atoms with Gasteiger partial charge in [-0.25, -0.2) is 4.98 Å². The molecule has 0 bridgehead atoms. The van der Waals surface area contributed by atoms with Crippen LogP contribution in [0.3, 0.4) is 0 Å². The SMILES string of the molecule is Cc1nc(CCC(=O)NC(C)C)cs1. The van der Waals surface area contributed by atoms with Crippen molar-refractivity contribution in [3.8, 4) is 0 Å². The van der Waals surface area contributed by atoms with Gasteiger partial charge in [-0.15, -0.1) is 11.3 Å². The van der Waals surface area contributed by atoms with Crippen molar-refractivity contribution in [1.82, 2.24) is 10.3 Å². The minimum atomic E-state index is 0.102. The first-order chi connectivity index (χ1) is 6.58. The fourth-order valence-corrected chi connectivity index (χ4v) is 1.81. The lowest BCUT2D eigenvalue weighted by atomic mass is 10.2. The van der Waals surface area contributed by atoms with Crippen LogP contribution in [-0.4, -0.2) is 16.9 Å². The summed E-state index contributed by atoms with van der Waals surface area (Å²) in [5.41, 5.74) is 1.02. The molecule has 14 heavy (non-hydrogen) atoms. The summed E-state index contributed by atoms with van der Waals surface area (Å²) in [4.78, 5) is 15.6. The fourth-order valence-electron chi connectivity index (χ4n) is 1.16. The van der Waals surface area contributed by atoms with E-state index in [2.05, 4.69) is 10.3 Å². The molecular formula is C10H16N2OS. The van der Waals surface area contributed by atoms with Crippen molar-refractivity contribution >= 4 is 17.2 Å². The Kier molecular flexibility index (Phi) is 4.07. The van der Waals surface area contributed by atoms with Gasteiger partial charge in [-0.1, -0.05) is 0 Å². The predicted molar refractivity (Wildman–Crippen MR) is 58.5 cm³/mol. The van der Waals surface area contributed by atoms with Gasteiger partial charge in [0.25, 0.3) is 0 Å². The first-order valence-electron chi connectivity index (χ1n) is 4.78. The molecule has 1 heterocycles. The first kappa shape index (κ1) is 11.2. The summed E-state index contributed by atoms with van der Waals surface area (Å²) in [5.74, 6) is 0.102. The quantitative estimate of drug-likeness (QED) is 0.828. The lowest BCUT2D eigenvalue weighted by Gasteiger charge is -2.06. The molecule has 0 unspecified atom stereocenters. The molecule has 1 aromatic heterocycles. The Morgan fingerprint density at radius 2 is 2.36 bits per heavy atom. The maximum atomic E-state index is 11.3. The molecule has 1 rings (SSSR count). The monoisotopic (exact) mass is 212 g/mol. The number of hydrogen-bond acceptors (Lipinski definition) is 3. The Morgan fingerprint density at radius 3 is 2.86 bits per heavy atom. The number of carbonyl (C=O) groups is 1. The van der Waals surface area contributed by atoms with Crippen LogP contribution in [0.25, 0.3) is 0 Å². The summed E-state index contributed by atoms with van der Waals surface area (Å²) in [6, 6.07) is 0.222. The van der Waals surface area contributed by atoms with Gasteiger partial charge in [0.15, 0.2) is 0 Å². The summed E-state index contributed by atoms with van der Waals surface area (Å²) >= 11 is 1.63. The van der Waals surface area contributed by atoms with Crippen molar-refractivity contribution < 1.29 is 4.79 Å². The van der Waals surface area contributed by atoms with Gasteiger partial charge < -0.3 is 5.32 Å². The summed E-state index contributed by atoms with van der Waals surface area (Å²) in [7, 11) is 0. The molecule has 4 heteroatoms. The first-order valence-corrected chi connectivity index (χ1v) is 5.66. The van der Waals surface area contributed by atoms with Crippen LogP contribution in [0.4, 0.5) is 0 Å². The summed E-state index contributed by atoms with van der Waals surface area (Å²) in [5, 5.41) is 5.93. The number of hydrogen-bond donors (Lipinski definition) is 1. The summed E-state index contributed by atoms with van der Waals surface area (Å²) < 4.78 is 0. The van der Waals surface area contributed by atoms with Crippen LogP contribution < -0.4 is 5.32 Å². The van der Waals surface area contributed by atoms with Crippen LogP contribution in [0.2, 0.25) is 0 Å². The van der Waals surface area contributed by atoms with Crippen LogP contribution in [0.1, 0.15) is 31.0 Å². The summed E-state index contributed by atoms with van der Waals surface area (Å²) in [6.07, 6.45) is 1.27. The van der Waals surface area contributed by atoms with Gasteiger partial charge in [0.1, 0.15) is 0 Å². The molecule has 0 aromatic carbocycles. The Balaban J connectivity index is 2.30. The minimum Gasteiger partial charge on any atom is -0.354 e.